The number of nitrogens with one attached hydrogen (secondary N) is 1. The summed E-state index contributed by atoms with van der Waals surface area (Å²) in [4.78, 5) is 0. The molecule has 0 bridgehead atoms. The van der Waals surface area contributed by atoms with Gasteiger partial charge in [-0.3, -0.25) is 5.73 Å². The van der Waals surface area contributed by atoms with Crippen LogP contribution in [0.1, 0.15) is 6.42 Å². The smallest absolute Gasteiger partial charge is 0.152 e. The van der Waals surface area contributed by atoms with Crippen LogP contribution in [0.25, 0.3) is 0 Å². The van der Waals surface area contributed by atoms with Crippen LogP contribution >= 0.6 is 0 Å². The lowest BCUT2D eigenvalue weighted by Gasteiger charge is -2.31. The van der Waals surface area contributed by atoms with Crippen LogP contribution in [0.4, 0.5) is 0 Å². The molecule has 0 amide bonds. The van der Waals surface area contributed by atoms with Gasteiger partial charge in [0.2, 0.25) is 0 Å². The predicted octanol–water partition coefficient (Wildman–Crippen LogP) is -1.08. The highest BCUT2D eigenvalue weighted by atomic mass is 15.4. The van der Waals surface area contributed by atoms with Crippen molar-refractivity contribution in [2.45, 2.75) is 12.6 Å². The van der Waals surface area contributed by atoms with Crippen molar-refractivity contribution in [1.82, 2.24) is 5.32 Å². The van der Waals surface area contributed by atoms with Crippen LogP contribution in [0.3, 0.4) is 0 Å². The van der Waals surface area contributed by atoms with Crippen LogP contribution in [0.15, 0.2) is 0 Å². The Morgan fingerprint density at radius 3 is 2.33 bits per heavy atom. The molecule has 1 unspecified atom stereocenters. The third-order valence-electron chi connectivity index (χ3n) is 1.91. The van der Waals surface area contributed by atoms with E-state index in [2.05, 4.69) is 26.5 Å². The van der Waals surface area contributed by atoms with Crippen LogP contribution in [0, 0.1) is 0 Å². The average molecular weight is 175 g/mol. The van der Waals surface area contributed by atoms with Crippen molar-refractivity contribution in [3.8, 4) is 0 Å². The molecule has 0 aliphatic rings. The molecule has 0 aromatic rings. The van der Waals surface area contributed by atoms with E-state index in [9.17, 15) is 0 Å². The van der Waals surface area contributed by atoms with Crippen molar-refractivity contribution in [2.75, 3.05) is 40.8 Å². The van der Waals surface area contributed by atoms with Gasteiger partial charge in [-0.1, -0.05) is 0 Å². The van der Waals surface area contributed by atoms with Crippen molar-refractivity contribution < 1.29 is 4.48 Å². The van der Waals surface area contributed by atoms with Gasteiger partial charge in [0.05, 0.1) is 27.7 Å². The maximum Gasteiger partial charge on any atom is 0.152 e. The highest BCUT2D eigenvalue weighted by Crippen LogP contribution is 1.93. The third-order valence-corrected chi connectivity index (χ3v) is 1.91. The van der Waals surface area contributed by atoms with Crippen LogP contribution in [-0.4, -0.2) is 51.4 Å². The van der Waals surface area contributed by atoms with E-state index in [0.717, 1.165) is 30.5 Å². The van der Waals surface area contributed by atoms with Crippen molar-refractivity contribution >= 4 is 0 Å². The molecule has 0 aromatic heterocycles. The van der Waals surface area contributed by atoms with Crippen LogP contribution in [-0.2, 0) is 0 Å². The molecule has 0 heterocycles. The predicted molar refractivity (Wildman–Crippen MR) is 52.5 cm³/mol. The number of nitrogens with two attached hydrogens (primary N) is 2. The number of hydrogen-bond donors (Lipinski definition) is 3. The van der Waals surface area contributed by atoms with E-state index in [1.165, 1.54) is 0 Å². The largest absolute Gasteiger partial charge is 0.330 e. The minimum absolute atomic E-state index is 0.155. The lowest BCUT2D eigenvalue weighted by Crippen LogP contribution is -2.55. The third kappa shape index (κ3) is 5.49. The Kier molecular flexibility index (Phi) is 5.41. The Morgan fingerprint density at radius 2 is 1.92 bits per heavy atom. The highest BCUT2D eigenvalue weighted by Gasteiger charge is 2.17. The van der Waals surface area contributed by atoms with E-state index in [0.29, 0.717) is 0 Å². The molecule has 0 saturated heterocycles. The Bertz CT molecular complexity index is 108. The molecular formula is C8H23N4+. The van der Waals surface area contributed by atoms with Gasteiger partial charge in [0.1, 0.15) is 0 Å². The summed E-state index contributed by atoms with van der Waals surface area (Å²) < 4.78 is 0.787. The molecule has 12 heavy (non-hydrogen) atoms. The van der Waals surface area contributed by atoms with E-state index < -0.39 is 0 Å². The minimum Gasteiger partial charge on any atom is -0.330 e. The Morgan fingerprint density at radius 1 is 1.33 bits per heavy atom. The van der Waals surface area contributed by atoms with E-state index in [-0.39, 0.29) is 6.17 Å². The van der Waals surface area contributed by atoms with Crippen molar-refractivity contribution in [3.63, 3.8) is 0 Å². The molecule has 4 nitrogen and oxygen atoms in total. The maximum atomic E-state index is 5.91. The fourth-order valence-corrected chi connectivity index (χ4v) is 0.751. The number of hydrogen-bond acceptors (Lipinski definition) is 3. The second kappa shape index (κ2) is 5.48. The van der Waals surface area contributed by atoms with Gasteiger partial charge in [-0.05, 0) is 19.5 Å². The standard InChI is InChI=1S/C8H23N4/c1-12(2,3)8(10)7-11-6-4-5-9/h8,11H,4-7,9-10H2,1-3H3/q+1. The lowest BCUT2D eigenvalue weighted by atomic mass is 10.3. The SMILES string of the molecule is C[N+](C)(C)C(N)CNCCCN. The maximum absolute atomic E-state index is 5.91. The summed E-state index contributed by atoms with van der Waals surface area (Å²) in [5.41, 5.74) is 11.3. The van der Waals surface area contributed by atoms with Gasteiger partial charge in [-0.15, -0.1) is 0 Å². The van der Waals surface area contributed by atoms with Gasteiger partial charge >= 0.3 is 0 Å². The topological polar surface area (TPSA) is 64.1 Å². The zero-order chi connectivity index (χ0) is 9.61. The van der Waals surface area contributed by atoms with Gasteiger partial charge < -0.3 is 15.5 Å². The Balaban J connectivity index is 3.38. The summed E-state index contributed by atoms with van der Waals surface area (Å²) in [7, 11) is 6.28. The van der Waals surface area contributed by atoms with E-state index >= 15 is 0 Å². The van der Waals surface area contributed by atoms with Crippen LogP contribution in [0.5, 0.6) is 0 Å². The second-order valence-corrected chi connectivity index (χ2v) is 4.03. The van der Waals surface area contributed by atoms with E-state index in [1.807, 2.05) is 0 Å². The number of nitrogens with zero attached hydrogens (tertiary/aromatic N) is 1. The number of rotatable bonds is 6. The quantitative estimate of drug-likeness (QED) is 0.273. The molecule has 4 heteroatoms. The van der Waals surface area contributed by atoms with Crippen molar-refractivity contribution in [1.29, 1.82) is 0 Å². The summed E-state index contributed by atoms with van der Waals surface area (Å²) in [5, 5.41) is 3.27. The second-order valence-electron chi connectivity index (χ2n) is 4.03. The van der Waals surface area contributed by atoms with Gasteiger partial charge in [-0.25, -0.2) is 0 Å². The van der Waals surface area contributed by atoms with Crippen LogP contribution < -0.4 is 16.8 Å². The molecule has 0 aliphatic heterocycles. The molecule has 0 fully saturated rings. The van der Waals surface area contributed by atoms with E-state index in [4.69, 9.17) is 11.5 Å². The minimum atomic E-state index is 0.155. The summed E-state index contributed by atoms with van der Waals surface area (Å²) in [6, 6.07) is 0. The molecule has 1 atom stereocenters. The first-order valence-corrected chi connectivity index (χ1v) is 4.46. The molecule has 0 rings (SSSR count). The molecule has 0 spiro atoms. The molecule has 0 aromatic carbocycles. The van der Waals surface area contributed by atoms with Gasteiger partial charge in [0, 0.05) is 0 Å². The molecule has 0 saturated carbocycles. The average Bonchev–Trinajstić information content (AvgIpc) is 1.96. The first kappa shape index (κ1) is 11.8. The zero-order valence-electron chi connectivity index (χ0n) is 8.51. The van der Waals surface area contributed by atoms with Crippen molar-refractivity contribution in [2.24, 2.45) is 11.5 Å². The zero-order valence-corrected chi connectivity index (χ0v) is 8.51. The lowest BCUT2D eigenvalue weighted by molar-refractivity contribution is -0.894. The van der Waals surface area contributed by atoms with Gasteiger partial charge in [-0.2, -0.15) is 0 Å². The molecule has 0 aliphatic carbocycles. The number of likely N-dealkylation sites (N-methyl/N-ethyl adjacent to an activating group) is 1. The molecule has 5 N–H and O–H groups in total. The summed E-state index contributed by atoms with van der Waals surface area (Å²) in [5.74, 6) is 0. The summed E-state index contributed by atoms with van der Waals surface area (Å²) >= 11 is 0. The fourth-order valence-electron chi connectivity index (χ4n) is 0.751. The normalized spacial score (nSPS) is 14.8. The fraction of sp³-hybridized carbons (Fsp3) is 1.00. The first-order chi connectivity index (χ1) is 5.48. The first-order valence-electron chi connectivity index (χ1n) is 4.46. The van der Waals surface area contributed by atoms with Crippen LogP contribution in [0.2, 0.25) is 0 Å². The molecular weight excluding hydrogens is 152 g/mol. The summed E-state index contributed by atoms with van der Waals surface area (Å²) in [6.07, 6.45) is 1.17. The summed E-state index contributed by atoms with van der Waals surface area (Å²) in [6.45, 7) is 2.56. The van der Waals surface area contributed by atoms with Crippen molar-refractivity contribution in [3.05, 3.63) is 0 Å². The Hall–Kier alpha value is -0.160. The van der Waals surface area contributed by atoms with E-state index in [1.54, 1.807) is 0 Å². The molecule has 74 valence electrons. The monoisotopic (exact) mass is 175 g/mol. The van der Waals surface area contributed by atoms with Gasteiger partial charge in [0.15, 0.2) is 6.17 Å². The Labute approximate surface area is 75.5 Å². The number of quaternary nitrogens is 1. The molecule has 0 radical (unpaired) electrons. The van der Waals surface area contributed by atoms with Gasteiger partial charge in [0.25, 0.3) is 0 Å². The highest BCUT2D eigenvalue weighted by molar-refractivity contribution is 4.53.